The number of aliphatic hydroxyl groups is 4. The van der Waals surface area contributed by atoms with Crippen molar-refractivity contribution < 1.29 is 30.0 Å². The predicted molar refractivity (Wildman–Crippen MR) is 90.7 cm³/mol. The van der Waals surface area contributed by atoms with Crippen LogP contribution in [0.25, 0.3) is 11.2 Å². The van der Waals surface area contributed by atoms with Crippen LogP contribution in [-0.2, 0) is 9.53 Å². The molecule has 2 aromatic rings. The molecule has 12 nitrogen and oxygen atoms in total. The Morgan fingerprint density at radius 1 is 1.41 bits per heavy atom. The van der Waals surface area contributed by atoms with Crippen LogP contribution in [0.4, 0.5) is 5.95 Å². The van der Waals surface area contributed by atoms with Gasteiger partial charge in [0.2, 0.25) is 11.9 Å². The minimum absolute atomic E-state index is 0.0132. The average Bonchev–Trinajstić information content (AvgIpc) is 3.16. The number of aromatic nitrogens is 4. The van der Waals surface area contributed by atoms with E-state index in [0.717, 1.165) is 0 Å². The van der Waals surface area contributed by atoms with Crippen molar-refractivity contribution in [2.75, 3.05) is 18.5 Å². The van der Waals surface area contributed by atoms with Gasteiger partial charge in [0.05, 0.1) is 19.5 Å². The Balaban J connectivity index is 2.04. The van der Waals surface area contributed by atoms with Gasteiger partial charge in [-0.2, -0.15) is 4.98 Å². The maximum Gasteiger partial charge on any atom is 0.280 e. The highest BCUT2D eigenvalue weighted by Crippen LogP contribution is 2.37. The Kier molecular flexibility index (Phi) is 5.01. The molecule has 0 unspecified atom stereocenters. The highest BCUT2D eigenvalue weighted by Gasteiger charge is 2.54. The van der Waals surface area contributed by atoms with Crippen LogP contribution in [0.15, 0.2) is 11.1 Å². The van der Waals surface area contributed by atoms with Gasteiger partial charge < -0.3 is 25.2 Å². The largest absolute Gasteiger partial charge is 0.393 e. The van der Waals surface area contributed by atoms with Crippen molar-refractivity contribution >= 4 is 23.0 Å². The second-order valence-electron chi connectivity index (χ2n) is 6.71. The number of aromatic amines is 1. The minimum atomic E-state index is -1.78. The van der Waals surface area contributed by atoms with Gasteiger partial charge in [0, 0.05) is 5.92 Å². The van der Waals surface area contributed by atoms with Crippen LogP contribution in [0, 0.1) is 5.92 Å². The van der Waals surface area contributed by atoms with Gasteiger partial charge in [-0.15, -0.1) is 0 Å². The molecule has 27 heavy (non-hydrogen) atoms. The van der Waals surface area contributed by atoms with E-state index in [-0.39, 0.29) is 28.9 Å². The van der Waals surface area contributed by atoms with E-state index in [9.17, 15) is 30.0 Å². The van der Waals surface area contributed by atoms with Crippen molar-refractivity contribution in [2.24, 2.45) is 5.92 Å². The van der Waals surface area contributed by atoms with Crippen LogP contribution in [0.5, 0.6) is 0 Å². The average molecular weight is 383 g/mol. The third-order valence-electron chi connectivity index (χ3n) is 4.52. The van der Waals surface area contributed by atoms with E-state index in [0.29, 0.717) is 0 Å². The van der Waals surface area contributed by atoms with Crippen molar-refractivity contribution in [3.05, 3.63) is 16.7 Å². The van der Waals surface area contributed by atoms with E-state index in [1.807, 2.05) is 0 Å². The fourth-order valence-electron chi connectivity index (χ4n) is 2.81. The Morgan fingerprint density at radius 2 is 2.07 bits per heavy atom. The SMILES string of the molecule is CC(C)C(=O)Nc1nc2c(ncn2[C@@H]2OC(CO)(CO)[C@@H](O)[C@H]2O)c(=O)[nH]1. The van der Waals surface area contributed by atoms with Gasteiger partial charge in [0.25, 0.3) is 5.56 Å². The molecule has 1 aliphatic rings. The Morgan fingerprint density at radius 3 is 2.63 bits per heavy atom. The molecule has 1 amide bonds. The van der Waals surface area contributed by atoms with Crippen LogP contribution >= 0.6 is 0 Å². The molecular weight excluding hydrogens is 362 g/mol. The van der Waals surface area contributed by atoms with Crippen molar-refractivity contribution in [1.82, 2.24) is 19.5 Å². The molecule has 3 rings (SSSR count). The number of imidazole rings is 1. The zero-order chi connectivity index (χ0) is 19.9. The van der Waals surface area contributed by atoms with Gasteiger partial charge in [0.15, 0.2) is 17.4 Å². The number of hydrogen-bond acceptors (Lipinski definition) is 9. The summed E-state index contributed by atoms with van der Waals surface area (Å²) in [5.41, 5.74) is -2.49. The number of nitrogens with one attached hydrogen (secondary N) is 2. The van der Waals surface area contributed by atoms with E-state index in [2.05, 4.69) is 20.3 Å². The Labute approximate surface area is 152 Å². The summed E-state index contributed by atoms with van der Waals surface area (Å²) in [5.74, 6) is -0.826. The molecule has 0 aliphatic carbocycles. The number of hydrogen-bond donors (Lipinski definition) is 6. The summed E-state index contributed by atoms with van der Waals surface area (Å²) in [5, 5.41) is 41.9. The van der Waals surface area contributed by atoms with Gasteiger partial charge in [-0.05, 0) is 0 Å². The second-order valence-corrected chi connectivity index (χ2v) is 6.71. The summed E-state index contributed by atoms with van der Waals surface area (Å²) < 4.78 is 6.70. The second kappa shape index (κ2) is 6.98. The third-order valence-corrected chi connectivity index (χ3v) is 4.52. The van der Waals surface area contributed by atoms with Crippen molar-refractivity contribution in [2.45, 2.75) is 37.9 Å². The molecule has 0 spiro atoms. The maximum atomic E-state index is 12.2. The molecular formula is C15H21N5O7. The van der Waals surface area contributed by atoms with Crippen molar-refractivity contribution in [3.63, 3.8) is 0 Å². The fourth-order valence-corrected chi connectivity index (χ4v) is 2.81. The number of aliphatic hydroxyl groups excluding tert-OH is 4. The lowest BCUT2D eigenvalue weighted by Crippen LogP contribution is -2.49. The first kappa shape index (κ1) is 19.4. The summed E-state index contributed by atoms with van der Waals surface area (Å²) in [6.45, 7) is 1.86. The summed E-state index contributed by atoms with van der Waals surface area (Å²) in [6, 6.07) is 0. The molecule has 1 saturated heterocycles. The highest BCUT2D eigenvalue weighted by molar-refractivity contribution is 5.91. The van der Waals surface area contributed by atoms with Crippen LogP contribution in [-0.4, -0.2) is 76.9 Å². The predicted octanol–water partition coefficient (Wildman–Crippen LogP) is -2.31. The molecule has 148 valence electrons. The maximum absolute atomic E-state index is 12.2. The topological polar surface area (TPSA) is 183 Å². The Bertz CT molecular complexity index is 904. The van der Waals surface area contributed by atoms with Crippen molar-refractivity contribution in [3.8, 4) is 0 Å². The molecule has 0 radical (unpaired) electrons. The molecule has 6 N–H and O–H groups in total. The smallest absolute Gasteiger partial charge is 0.280 e. The molecule has 3 atom stereocenters. The van der Waals surface area contributed by atoms with Crippen molar-refractivity contribution in [1.29, 1.82) is 0 Å². The third kappa shape index (κ3) is 3.11. The first-order valence-corrected chi connectivity index (χ1v) is 8.27. The summed E-state index contributed by atoms with van der Waals surface area (Å²) in [6.07, 6.45) is -3.22. The summed E-state index contributed by atoms with van der Waals surface area (Å²) in [4.78, 5) is 34.5. The van der Waals surface area contributed by atoms with Gasteiger partial charge >= 0.3 is 0 Å². The lowest BCUT2D eigenvalue weighted by molar-refractivity contribution is -0.149. The van der Waals surface area contributed by atoms with Crippen LogP contribution in [0.3, 0.4) is 0 Å². The zero-order valence-corrected chi connectivity index (χ0v) is 14.7. The standard InChI is InChI=1S/C15H21N5O7/c1-6(2)11(25)18-14-17-10-7(12(26)19-14)16-5-20(10)13-8(23)9(24)15(3-21,4-22)27-13/h5-6,8-9,13,21-24H,3-4H2,1-2H3,(H2,17,18,19,25,26)/t8-,9+,13-/m1/s1. The lowest BCUT2D eigenvalue weighted by atomic mass is 9.97. The minimum Gasteiger partial charge on any atom is -0.393 e. The number of fused-ring (bicyclic) bond motifs is 1. The number of ether oxygens (including phenoxy) is 1. The number of anilines is 1. The number of carbonyl (C=O) groups is 1. The van der Waals surface area contributed by atoms with E-state index >= 15 is 0 Å². The fraction of sp³-hybridized carbons (Fsp3) is 0.600. The molecule has 0 bridgehead atoms. The van der Waals surface area contributed by atoms with E-state index in [4.69, 9.17) is 4.74 Å². The quantitative estimate of drug-likeness (QED) is 0.330. The Hall–Kier alpha value is -2.38. The van der Waals surface area contributed by atoms with Gasteiger partial charge in [-0.3, -0.25) is 24.5 Å². The van der Waals surface area contributed by atoms with Gasteiger partial charge in [-0.1, -0.05) is 13.8 Å². The summed E-state index contributed by atoms with van der Waals surface area (Å²) >= 11 is 0. The number of carbonyl (C=O) groups excluding carboxylic acids is 1. The number of nitrogens with zero attached hydrogens (tertiary/aromatic N) is 3. The number of H-pyrrole nitrogens is 1. The van der Waals surface area contributed by atoms with E-state index < -0.39 is 42.8 Å². The molecule has 12 heteroatoms. The van der Waals surface area contributed by atoms with E-state index in [1.54, 1.807) is 13.8 Å². The molecule has 1 aliphatic heterocycles. The van der Waals surface area contributed by atoms with Gasteiger partial charge in [-0.25, -0.2) is 4.98 Å². The molecule has 0 aromatic carbocycles. The zero-order valence-electron chi connectivity index (χ0n) is 14.7. The van der Waals surface area contributed by atoms with Gasteiger partial charge in [0.1, 0.15) is 17.8 Å². The van der Waals surface area contributed by atoms with Crippen LogP contribution in [0.1, 0.15) is 20.1 Å². The molecule has 3 heterocycles. The summed E-state index contributed by atoms with van der Waals surface area (Å²) in [7, 11) is 0. The molecule has 2 aromatic heterocycles. The monoisotopic (exact) mass is 383 g/mol. The lowest BCUT2D eigenvalue weighted by Gasteiger charge is -2.27. The number of amides is 1. The first-order chi connectivity index (χ1) is 12.7. The normalized spacial score (nSPS) is 24.6. The van der Waals surface area contributed by atoms with Crippen LogP contribution in [0.2, 0.25) is 0 Å². The first-order valence-electron chi connectivity index (χ1n) is 8.27. The highest BCUT2D eigenvalue weighted by atomic mass is 16.6. The van der Waals surface area contributed by atoms with Crippen LogP contribution < -0.4 is 10.9 Å². The molecule has 1 fully saturated rings. The molecule has 0 saturated carbocycles. The van der Waals surface area contributed by atoms with E-state index in [1.165, 1.54) is 10.9 Å². The number of rotatable bonds is 5.